The van der Waals surface area contributed by atoms with Crippen molar-refractivity contribution in [2.75, 3.05) is 11.5 Å². The topological polar surface area (TPSA) is 72.2 Å². The number of nitrogens with one attached hydrogen (secondary N) is 1. The first-order valence-electron chi connectivity index (χ1n) is 6.82. The molecule has 0 amide bonds. The molecule has 3 N–H and O–H groups in total. The third kappa shape index (κ3) is 6.74. The highest BCUT2D eigenvalue weighted by atomic mass is 32.2. The fourth-order valence-electron chi connectivity index (χ4n) is 1.88. The van der Waals surface area contributed by atoms with E-state index in [1.165, 1.54) is 0 Å². The van der Waals surface area contributed by atoms with Gasteiger partial charge in [0.25, 0.3) is 0 Å². The van der Waals surface area contributed by atoms with Gasteiger partial charge in [0.1, 0.15) is 0 Å². The quantitative estimate of drug-likeness (QED) is 0.684. The molecule has 0 aromatic heterocycles. The molecule has 0 bridgehead atoms. The summed E-state index contributed by atoms with van der Waals surface area (Å²) in [5.74, 6) is 2.04. The molecular weight excluding hydrogens is 292 g/mol. The van der Waals surface area contributed by atoms with Crippen LogP contribution in [0.1, 0.15) is 31.4 Å². The summed E-state index contributed by atoms with van der Waals surface area (Å²) in [4.78, 5) is 0. The van der Waals surface area contributed by atoms with Gasteiger partial charge in [0, 0.05) is 12.6 Å². The zero-order valence-electron chi connectivity index (χ0n) is 12.1. The normalized spacial score (nSPS) is 13.3. The second kappa shape index (κ2) is 8.67. The Morgan fingerprint density at radius 3 is 2.70 bits per heavy atom. The molecule has 0 aliphatic rings. The molecule has 20 heavy (non-hydrogen) atoms. The average molecular weight is 316 g/mol. The minimum atomic E-state index is -3.30. The standard InChI is InChI=1S/C14H24N2O2S2/c1-3-19-8-7-12(2)16-20(17,18)11-14-6-4-5-13(9-14)10-15/h4-6,9,12,16H,3,7-8,10-11,15H2,1-2H3. The Labute approximate surface area is 126 Å². The van der Waals surface area contributed by atoms with E-state index in [2.05, 4.69) is 11.6 Å². The molecule has 0 saturated heterocycles. The highest BCUT2D eigenvalue weighted by Crippen LogP contribution is 2.10. The van der Waals surface area contributed by atoms with E-state index in [9.17, 15) is 8.42 Å². The van der Waals surface area contributed by atoms with E-state index >= 15 is 0 Å². The maximum atomic E-state index is 12.1. The Bertz CT molecular complexity index is 504. The molecule has 0 fully saturated rings. The molecule has 0 radical (unpaired) electrons. The maximum absolute atomic E-state index is 12.1. The van der Waals surface area contributed by atoms with E-state index in [-0.39, 0.29) is 11.8 Å². The van der Waals surface area contributed by atoms with Gasteiger partial charge in [-0.1, -0.05) is 31.2 Å². The number of sulfonamides is 1. The van der Waals surface area contributed by atoms with E-state index in [4.69, 9.17) is 5.73 Å². The summed E-state index contributed by atoms with van der Waals surface area (Å²) in [5.41, 5.74) is 7.29. The van der Waals surface area contributed by atoms with Gasteiger partial charge < -0.3 is 5.73 Å². The van der Waals surface area contributed by atoms with Gasteiger partial charge in [-0.2, -0.15) is 11.8 Å². The van der Waals surface area contributed by atoms with Crippen molar-refractivity contribution in [3.05, 3.63) is 35.4 Å². The molecule has 1 rings (SSSR count). The van der Waals surface area contributed by atoms with Gasteiger partial charge in [-0.25, -0.2) is 13.1 Å². The summed E-state index contributed by atoms with van der Waals surface area (Å²) in [7, 11) is -3.30. The lowest BCUT2D eigenvalue weighted by atomic mass is 10.1. The molecule has 114 valence electrons. The van der Waals surface area contributed by atoms with E-state index in [1.807, 2.05) is 43.0 Å². The highest BCUT2D eigenvalue weighted by Gasteiger charge is 2.15. The molecule has 4 nitrogen and oxygen atoms in total. The van der Waals surface area contributed by atoms with Crippen LogP contribution in [0.3, 0.4) is 0 Å². The van der Waals surface area contributed by atoms with Crippen LogP contribution in [-0.2, 0) is 22.3 Å². The van der Waals surface area contributed by atoms with E-state index in [0.29, 0.717) is 6.54 Å². The molecule has 0 spiro atoms. The lowest BCUT2D eigenvalue weighted by molar-refractivity contribution is 0.556. The summed E-state index contributed by atoms with van der Waals surface area (Å²) in [5, 5.41) is 0. The van der Waals surface area contributed by atoms with Crippen molar-refractivity contribution >= 4 is 21.8 Å². The lowest BCUT2D eigenvalue weighted by Crippen LogP contribution is -2.33. The van der Waals surface area contributed by atoms with Gasteiger partial charge in [-0.15, -0.1) is 0 Å². The van der Waals surface area contributed by atoms with Crippen LogP contribution in [0.5, 0.6) is 0 Å². The SMILES string of the molecule is CCSCCC(C)NS(=O)(=O)Cc1cccc(CN)c1. The molecule has 1 aromatic rings. The lowest BCUT2D eigenvalue weighted by Gasteiger charge is -2.14. The number of benzene rings is 1. The predicted molar refractivity (Wildman–Crippen MR) is 87.2 cm³/mol. The Morgan fingerprint density at radius 2 is 2.05 bits per heavy atom. The van der Waals surface area contributed by atoms with Crippen LogP contribution in [0.25, 0.3) is 0 Å². The first-order valence-corrected chi connectivity index (χ1v) is 9.63. The monoisotopic (exact) mass is 316 g/mol. The van der Waals surface area contributed by atoms with Crippen molar-refractivity contribution < 1.29 is 8.42 Å². The van der Waals surface area contributed by atoms with Crippen LogP contribution in [0.2, 0.25) is 0 Å². The van der Waals surface area contributed by atoms with Crippen molar-refractivity contribution in [2.24, 2.45) is 5.73 Å². The van der Waals surface area contributed by atoms with Crippen LogP contribution in [0.4, 0.5) is 0 Å². The van der Waals surface area contributed by atoms with E-state index in [1.54, 1.807) is 0 Å². The van der Waals surface area contributed by atoms with Crippen LogP contribution in [0, 0.1) is 0 Å². The Balaban J connectivity index is 2.56. The summed E-state index contributed by atoms with van der Waals surface area (Å²) >= 11 is 1.82. The molecular formula is C14H24N2O2S2. The average Bonchev–Trinajstić information content (AvgIpc) is 2.38. The van der Waals surface area contributed by atoms with Gasteiger partial charge >= 0.3 is 0 Å². The Hall–Kier alpha value is -0.560. The van der Waals surface area contributed by atoms with Gasteiger partial charge in [0.15, 0.2) is 0 Å². The summed E-state index contributed by atoms with van der Waals surface area (Å²) < 4.78 is 26.9. The van der Waals surface area contributed by atoms with Gasteiger partial charge in [-0.05, 0) is 36.0 Å². The van der Waals surface area contributed by atoms with E-state index < -0.39 is 10.0 Å². The smallest absolute Gasteiger partial charge is 0.216 e. The second-order valence-corrected chi connectivity index (χ2v) is 7.94. The highest BCUT2D eigenvalue weighted by molar-refractivity contribution is 7.99. The van der Waals surface area contributed by atoms with Gasteiger partial charge in [0.2, 0.25) is 10.0 Å². The molecule has 1 atom stereocenters. The first kappa shape index (κ1) is 17.5. The molecule has 0 aliphatic heterocycles. The minimum absolute atomic E-state index is 0.00605. The largest absolute Gasteiger partial charge is 0.326 e. The predicted octanol–water partition coefficient (Wildman–Crippen LogP) is 2.10. The zero-order chi connectivity index (χ0) is 15.0. The van der Waals surface area contributed by atoms with Crippen LogP contribution in [-0.4, -0.2) is 26.0 Å². The van der Waals surface area contributed by atoms with Crippen molar-refractivity contribution in [3.63, 3.8) is 0 Å². The van der Waals surface area contributed by atoms with Crippen LogP contribution >= 0.6 is 11.8 Å². The summed E-state index contributed by atoms with van der Waals surface area (Å²) in [6, 6.07) is 7.37. The van der Waals surface area contributed by atoms with Crippen molar-refractivity contribution in [1.29, 1.82) is 0 Å². The van der Waals surface area contributed by atoms with Crippen LogP contribution in [0.15, 0.2) is 24.3 Å². The van der Waals surface area contributed by atoms with E-state index in [0.717, 1.165) is 29.1 Å². The molecule has 1 aromatic carbocycles. The summed E-state index contributed by atoms with van der Waals surface area (Å²) in [6.45, 7) is 4.43. The zero-order valence-corrected chi connectivity index (χ0v) is 13.8. The molecule has 1 unspecified atom stereocenters. The minimum Gasteiger partial charge on any atom is -0.326 e. The van der Waals surface area contributed by atoms with Gasteiger partial charge in [0.05, 0.1) is 5.75 Å². The molecule has 0 saturated carbocycles. The van der Waals surface area contributed by atoms with Gasteiger partial charge in [-0.3, -0.25) is 0 Å². The molecule has 6 heteroatoms. The summed E-state index contributed by atoms with van der Waals surface area (Å²) in [6.07, 6.45) is 0.848. The number of hydrogen-bond donors (Lipinski definition) is 2. The fraction of sp³-hybridized carbons (Fsp3) is 0.571. The van der Waals surface area contributed by atoms with Crippen molar-refractivity contribution in [1.82, 2.24) is 4.72 Å². The van der Waals surface area contributed by atoms with Crippen molar-refractivity contribution in [2.45, 2.75) is 38.6 Å². The first-order chi connectivity index (χ1) is 9.46. The van der Waals surface area contributed by atoms with Crippen molar-refractivity contribution in [3.8, 4) is 0 Å². The second-order valence-electron chi connectivity index (χ2n) is 4.79. The number of rotatable bonds is 9. The Kier molecular flexibility index (Phi) is 7.58. The number of nitrogens with two attached hydrogens (primary N) is 1. The van der Waals surface area contributed by atoms with Crippen LogP contribution < -0.4 is 10.5 Å². The molecule has 0 aliphatic carbocycles. The number of thioether (sulfide) groups is 1. The number of hydrogen-bond acceptors (Lipinski definition) is 4. The molecule has 0 heterocycles. The third-order valence-corrected chi connectivity index (χ3v) is 5.27. The third-order valence-electron chi connectivity index (χ3n) is 2.86. The maximum Gasteiger partial charge on any atom is 0.216 e. The fourth-order valence-corrected chi connectivity index (χ4v) is 4.12. The Morgan fingerprint density at radius 1 is 1.35 bits per heavy atom.